The van der Waals surface area contributed by atoms with Crippen molar-refractivity contribution >= 4 is 11.6 Å². The van der Waals surface area contributed by atoms with Gasteiger partial charge >= 0.3 is 0 Å². The lowest BCUT2D eigenvalue weighted by Gasteiger charge is -2.37. The molecule has 100 valence electrons. The van der Waals surface area contributed by atoms with Gasteiger partial charge in [0.1, 0.15) is 5.15 Å². The normalized spacial score (nSPS) is 25.1. The van der Waals surface area contributed by atoms with Crippen LogP contribution >= 0.6 is 11.6 Å². The Bertz CT molecular complexity index is 467. The van der Waals surface area contributed by atoms with Gasteiger partial charge in [-0.05, 0) is 43.1 Å². The number of hydrogen-bond acceptors (Lipinski definition) is 2. The van der Waals surface area contributed by atoms with Crippen LogP contribution in [-0.4, -0.2) is 9.78 Å². The van der Waals surface area contributed by atoms with Gasteiger partial charge in [-0.25, -0.2) is 4.68 Å². The molecule has 3 nitrogen and oxygen atoms in total. The predicted octanol–water partition coefficient (Wildman–Crippen LogP) is 3.67. The molecule has 18 heavy (non-hydrogen) atoms. The Labute approximate surface area is 113 Å². The molecular formula is C14H21ClN2O. The average Bonchev–Trinajstić information content (AvgIpc) is 2.31. The first kappa shape index (κ1) is 13.6. The van der Waals surface area contributed by atoms with E-state index in [1.807, 2.05) is 0 Å². The van der Waals surface area contributed by atoms with Crippen LogP contribution in [0.4, 0.5) is 0 Å². The van der Waals surface area contributed by atoms with E-state index in [1.54, 1.807) is 10.7 Å². The Morgan fingerprint density at radius 2 is 1.83 bits per heavy atom. The molecule has 0 atom stereocenters. The van der Waals surface area contributed by atoms with E-state index >= 15 is 0 Å². The maximum Gasteiger partial charge on any atom is 0.267 e. The molecule has 1 heterocycles. The summed E-state index contributed by atoms with van der Waals surface area (Å²) in [7, 11) is 0. The van der Waals surface area contributed by atoms with Gasteiger partial charge in [0.2, 0.25) is 0 Å². The van der Waals surface area contributed by atoms with Gasteiger partial charge in [0.05, 0.1) is 6.04 Å². The summed E-state index contributed by atoms with van der Waals surface area (Å²) in [6.45, 7) is 6.88. The molecule has 0 radical (unpaired) electrons. The molecule has 1 aliphatic carbocycles. The van der Waals surface area contributed by atoms with E-state index in [0.717, 1.165) is 31.6 Å². The largest absolute Gasteiger partial charge is 0.268 e. The highest BCUT2D eigenvalue weighted by molar-refractivity contribution is 6.29. The monoisotopic (exact) mass is 268 g/mol. The lowest BCUT2D eigenvalue weighted by atomic mass is 9.71. The van der Waals surface area contributed by atoms with E-state index in [-0.39, 0.29) is 11.6 Å². The SMILES string of the molecule is CC(C)(C)C1CCC(n2nc(Cl)ccc2=O)CC1. The van der Waals surface area contributed by atoms with E-state index in [0.29, 0.717) is 10.6 Å². The molecule has 0 spiro atoms. The standard InChI is InChI=1S/C14H21ClN2O/c1-14(2,3)10-4-6-11(7-5-10)17-13(18)9-8-12(15)16-17/h8-11H,4-7H2,1-3H3. The van der Waals surface area contributed by atoms with Crippen LogP contribution in [0.25, 0.3) is 0 Å². The Hall–Kier alpha value is -0.830. The topological polar surface area (TPSA) is 34.9 Å². The maximum absolute atomic E-state index is 11.8. The molecule has 1 aromatic heterocycles. The van der Waals surface area contributed by atoms with Crippen LogP contribution in [0.2, 0.25) is 5.15 Å². The number of halogens is 1. The zero-order valence-electron chi connectivity index (χ0n) is 11.3. The van der Waals surface area contributed by atoms with E-state index in [9.17, 15) is 4.79 Å². The second kappa shape index (κ2) is 5.04. The molecular weight excluding hydrogens is 248 g/mol. The summed E-state index contributed by atoms with van der Waals surface area (Å²) in [5.41, 5.74) is 0.316. The van der Waals surface area contributed by atoms with Crippen LogP contribution in [0.5, 0.6) is 0 Å². The molecule has 0 bridgehead atoms. The number of rotatable bonds is 1. The average molecular weight is 269 g/mol. The summed E-state index contributed by atoms with van der Waals surface area (Å²) in [4.78, 5) is 11.8. The first-order chi connectivity index (χ1) is 8.38. The molecule has 4 heteroatoms. The smallest absolute Gasteiger partial charge is 0.267 e. The number of hydrogen-bond donors (Lipinski definition) is 0. The highest BCUT2D eigenvalue weighted by Gasteiger charge is 2.30. The number of nitrogens with zero attached hydrogens (tertiary/aromatic N) is 2. The van der Waals surface area contributed by atoms with Gasteiger partial charge in [-0.1, -0.05) is 32.4 Å². The first-order valence-electron chi connectivity index (χ1n) is 6.63. The summed E-state index contributed by atoms with van der Waals surface area (Å²) in [6.07, 6.45) is 4.37. The third-order valence-corrected chi connectivity index (χ3v) is 4.26. The van der Waals surface area contributed by atoms with Gasteiger partial charge in [0.15, 0.2) is 0 Å². The van der Waals surface area contributed by atoms with Crippen molar-refractivity contribution in [2.45, 2.75) is 52.5 Å². The third-order valence-electron chi connectivity index (χ3n) is 4.06. The summed E-state index contributed by atoms with van der Waals surface area (Å²) in [5, 5.41) is 4.55. The molecule has 1 saturated carbocycles. The Kier molecular flexibility index (Phi) is 3.81. The van der Waals surface area contributed by atoms with Crippen LogP contribution in [0.3, 0.4) is 0 Å². The van der Waals surface area contributed by atoms with Crippen molar-refractivity contribution in [1.82, 2.24) is 9.78 Å². The second-order valence-electron chi connectivity index (χ2n) is 6.31. The molecule has 1 aliphatic rings. The fourth-order valence-corrected chi connectivity index (χ4v) is 2.99. The van der Waals surface area contributed by atoms with Gasteiger partial charge in [0, 0.05) is 6.07 Å². The summed E-state index contributed by atoms with van der Waals surface area (Å²) in [5.74, 6) is 0.739. The van der Waals surface area contributed by atoms with Crippen molar-refractivity contribution in [3.8, 4) is 0 Å². The van der Waals surface area contributed by atoms with Crippen LogP contribution < -0.4 is 5.56 Å². The molecule has 2 rings (SSSR count). The van der Waals surface area contributed by atoms with E-state index < -0.39 is 0 Å². The van der Waals surface area contributed by atoms with Crippen LogP contribution in [0.15, 0.2) is 16.9 Å². The van der Waals surface area contributed by atoms with Crippen LogP contribution in [0, 0.1) is 11.3 Å². The molecule has 1 fully saturated rings. The van der Waals surface area contributed by atoms with Crippen LogP contribution in [0.1, 0.15) is 52.5 Å². The minimum atomic E-state index is -0.0430. The molecule has 1 aromatic rings. The van der Waals surface area contributed by atoms with E-state index in [4.69, 9.17) is 11.6 Å². The Balaban J connectivity index is 2.10. The van der Waals surface area contributed by atoms with Crippen molar-refractivity contribution in [2.75, 3.05) is 0 Å². The van der Waals surface area contributed by atoms with Gasteiger partial charge in [-0.3, -0.25) is 4.79 Å². The summed E-state index contributed by atoms with van der Waals surface area (Å²) in [6, 6.07) is 3.28. The quantitative estimate of drug-likeness (QED) is 0.779. The Morgan fingerprint density at radius 3 is 2.39 bits per heavy atom. The lowest BCUT2D eigenvalue weighted by molar-refractivity contribution is 0.146. The summed E-state index contributed by atoms with van der Waals surface area (Å²) < 4.78 is 1.57. The molecule has 0 amide bonds. The minimum absolute atomic E-state index is 0.0430. The second-order valence-corrected chi connectivity index (χ2v) is 6.70. The van der Waals surface area contributed by atoms with Crippen molar-refractivity contribution in [1.29, 1.82) is 0 Å². The maximum atomic E-state index is 11.8. The molecule has 0 aromatic carbocycles. The zero-order valence-corrected chi connectivity index (χ0v) is 12.1. The van der Waals surface area contributed by atoms with E-state index in [2.05, 4.69) is 25.9 Å². The lowest BCUT2D eigenvalue weighted by Crippen LogP contribution is -2.32. The van der Waals surface area contributed by atoms with Gasteiger partial charge in [-0.15, -0.1) is 0 Å². The highest BCUT2D eigenvalue weighted by Crippen LogP contribution is 2.40. The molecule has 0 N–H and O–H groups in total. The van der Waals surface area contributed by atoms with Crippen molar-refractivity contribution in [2.24, 2.45) is 11.3 Å². The Morgan fingerprint density at radius 1 is 1.22 bits per heavy atom. The minimum Gasteiger partial charge on any atom is -0.268 e. The first-order valence-corrected chi connectivity index (χ1v) is 7.01. The fraction of sp³-hybridized carbons (Fsp3) is 0.714. The van der Waals surface area contributed by atoms with Gasteiger partial charge in [0.25, 0.3) is 5.56 Å². The van der Waals surface area contributed by atoms with E-state index in [1.165, 1.54) is 6.07 Å². The molecule has 0 aliphatic heterocycles. The van der Waals surface area contributed by atoms with Crippen molar-refractivity contribution < 1.29 is 0 Å². The number of aromatic nitrogens is 2. The highest BCUT2D eigenvalue weighted by atomic mass is 35.5. The third kappa shape index (κ3) is 2.94. The summed E-state index contributed by atoms with van der Waals surface area (Å²) >= 11 is 5.87. The van der Waals surface area contributed by atoms with Crippen LogP contribution in [-0.2, 0) is 0 Å². The molecule has 0 saturated heterocycles. The predicted molar refractivity (Wildman–Crippen MR) is 74.0 cm³/mol. The van der Waals surface area contributed by atoms with Crippen molar-refractivity contribution in [3.05, 3.63) is 27.6 Å². The fourth-order valence-electron chi connectivity index (χ4n) is 2.85. The molecule has 0 unspecified atom stereocenters. The van der Waals surface area contributed by atoms with Gasteiger partial charge < -0.3 is 0 Å². The van der Waals surface area contributed by atoms with Gasteiger partial charge in [-0.2, -0.15) is 5.10 Å². The zero-order chi connectivity index (χ0) is 13.3. The van der Waals surface area contributed by atoms with Crippen molar-refractivity contribution in [3.63, 3.8) is 0 Å².